The van der Waals surface area contributed by atoms with Crippen LogP contribution in [0.2, 0.25) is 0 Å². The van der Waals surface area contributed by atoms with Gasteiger partial charge in [-0.15, -0.1) is 11.3 Å². The molecule has 0 bridgehead atoms. The van der Waals surface area contributed by atoms with Gasteiger partial charge >= 0.3 is 12.2 Å². The van der Waals surface area contributed by atoms with Crippen LogP contribution in [-0.2, 0) is 12.6 Å². The highest BCUT2D eigenvalue weighted by Gasteiger charge is 2.35. The maximum atomic E-state index is 13.5. The number of para-hydroxylation sites is 1. The Morgan fingerprint density at radius 3 is 2.59 bits per heavy atom. The van der Waals surface area contributed by atoms with E-state index in [1.54, 1.807) is 0 Å². The van der Waals surface area contributed by atoms with Crippen molar-refractivity contribution in [2.24, 2.45) is 0 Å². The van der Waals surface area contributed by atoms with Crippen LogP contribution in [0.5, 0.6) is 0 Å². The normalized spacial score (nSPS) is 11.3. The monoisotopic (exact) mass is 332 g/mol. The van der Waals surface area contributed by atoms with Crippen LogP contribution in [0.1, 0.15) is 10.4 Å². The Morgan fingerprint density at radius 2 is 1.95 bits per heavy atom. The minimum absolute atomic E-state index is 0.238. The topological polar surface area (TPSA) is 41.1 Å². The Labute approximate surface area is 128 Å². The lowest BCUT2D eigenvalue weighted by Crippen LogP contribution is -2.31. The summed E-state index contributed by atoms with van der Waals surface area (Å²) in [5.74, 6) is -1.14. The molecule has 22 heavy (non-hydrogen) atoms. The number of urea groups is 1. The number of amides is 2. The van der Waals surface area contributed by atoms with Crippen molar-refractivity contribution in [1.29, 1.82) is 0 Å². The van der Waals surface area contributed by atoms with Gasteiger partial charge in [-0.1, -0.05) is 12.1 Å². The molecule has 118 valence electrons. The van der Waals surface area contributed by atoms with Crippen molar-refractivity contribution in [3.8, 4) is 0 Å². The fourth-order valence-electron chi connectivity index (χ4n) is 1.80. The second kappa shape index (κ2) is 6.78. The predicted octanol–water partition coefficient (Wildman–Crippen LogP) is 4.27. The molecule has 1 aromatic heterocycles. The van der Waals surface area contributed by atoms with Gasteiger partial charge in [0, 0.05) is 11.4 Å². The zero-order valence-corrected chi connectivity index (χ0v) is 12.0. The number of hydrogen-bond acceptors (Lipinski definition) is 2. The van der Waals surface area contributed by atoms with Crippen LogP contribution >= 0.6 is 11.3 Å². The zero-order valence-electron chi connectivity index (χ0n) is 11.2. The highest BCUT2D eigenvalue weighted by molar-refractivity contribution is 7.09. The summed E-state index contributed by atoms with van der Waals surface area (Å²) in [6.07, 6.45) is -4.20. The van der Waals surface area contributed by atoms with E-state index in [0.717, 1.165) is 17.0 Å². The molecule has 0 fully saturated rings. The van der Waals surface area contributed by atoms with Crippen molar-refractivity contribution in [2.45, 2.75) is 12.6 Å². The second-order valence-corrected chi connectivity index (χ2v) is 5.40. The SMILES string of the molecule is O=C(NCCc1cccs1)Nc1c(F)cccc1C(F)(F)F. The van der Waals surface area contributed by atoms with Gasteiger partial charge in [-0.05, 0) is 30.0 Å². The average Bonchev–Trinajstić information content (AvgIpc) is 2.93. The Hall–Kier alpha value is -2.09. The molecule has 0 unspecified atom stereocenters. The molecule has 1 aromatic carbocycles. The number of benzene rings is 1. The first-order chi connectivity index (χ1) is 10.4. The molecule has 0 saturated heterocycles. The van der Waals surface area contributed by atoms with E-state index < -0.39 is 29.3 Å². The first-order valence-corrected chi connectivity index (χ1v) is 7.19. The van der Waals surface area contributed by atoms with Crippen LogP contribution in [0, 0.1) is 5.82 Å². The van der Waals surface area contributed by atoms with E-state index in [4.69, 9.17) is 0 Å². The van der Waals surface area contributed by atoms with Crippen LogP contribution in [0.15, 0.2) is 35.7 Å². The van der Waals surface area contributed by atoms with E-state index in [2.05, 4.69) is 5.32 Å². The summed E-state index contributed by atoms with van der Waals surface area (Å²) in [6, 6.07) is 5.36. The quantitative estimate of drug-likeness (QED) is 0.807. The van der Waals surface area contributed by atoms with E-state index in [1.165, 1.54) is 11.3 Å². The fourth-order valence-corrected chi connectivity index (χ4v) is 2.51. The Morgan fingerprint density at radius 1 is 1.18 bits per heavy atom. The molecule has 0 aliphatic rings. The van der Waals surface area contributed by atoms with E-state index in [-0.39, 0.29) is 6.54 Å². The summed E-state index contributed by atoms with van der Waals surface area (Å²) in [4.78, 5) is 12.6. The molecule has 0 saturated carbocycles. The lowest BCUT2D eigenvalue weighted by atomic mass is 10.1. The number of carbonyl (C=O) groups excluding carboxylic acids is 1. The standard InChI is InChI=1S/C14H12F4N2OS/c15-11-5-1-4-10(14(16,17)18)12(11)20-13(21)19-7-6-9-3-2-8-22-9/h1-5,8H,6-7H2,(H2,19,20,21). The molecular weight excluding hydrogens is 320 g/mol. The summed E-state index contributed by atoms with van der Waals surface area (Å²) in [5, 5.41) is 6.20. The van der Waals surface area contributed by atoms with E-state index in [1.807, 2.05) is 22.8 Å². The summed E-state index contributed by atoms with van der Waals surface area (Å²) in [5.41, 5.74) is -2.09. The van der Waals surface area contributed by atoms with E-state index in [0.29, 0.717) is 12.5 Å². The molecule has 0 aliphatic heterocycles. The summed E-state index contributed by atoms with van der Waals surface area (Å²) < 4.78 is 51.9. The van der Waals surface area contributed by atoms with Crippen molar-refractivity contribution < 1.29 is 22.4 Å². The molecule has 2 rings (SSSR count). The van der Waals surface area contributed by atoms with Crippen LogP contribution in [0.25, 0.3) is 0 Å². The van der Waals surface area contributed by atoms with Gasteiger partial charge < -0.3 is 10.6 Å². The molecule has 2 N–H and O–H groups in total. The highest BCUT2D eigenvalue weighted by atomic mass is 32.1. The minimum Gasteiger partial charge on any atom is -0.338 e. The van der Waals surface area contributed by atoms with Gasteiger partial charge in [0.15, 0.2) is 0 Å². The maximum absolute atomic E-state index is 13.5. The van der Waals surface area contributed by atoms with Crippen molar-refractivity contribution >= 4 is 23.1 Å². The van der Waals surface area contributed by atoms with Gasteiger partial charge in [0.05, 0.1) is 11.3 Å². The Bertz CT molecular complexity index is 641. The number of halogens is 4. The predicted molar refractivity (Wildman–Crippen MR) is 76.4 cm³/mol. The van der Waals surface area contributed by atoms with Crippen LogP contribution in [0.4, 0.5) is 28.0 Å². The van der Waals surface area contributed by atoms with Crippen LogP contribution in [0.3, 0.4) is 0 Å². The number of thiophene rings is 1. The molecule has 0 radical (unpaired) electrons. The largest absolute Gasteiger partial charge is 0.418 e. The van der Waals surface area contributed by atoms with Crippen molar-refractivity contribution in [3.05, 3.63) is 52.0 Å². The number of nitrogens with one attached hydrogen (secondary N) is 2. The zero-order chi connectivity index (χ0) is 16.2. The lowest BCUT2D eigenvalue weighted by molar-refractivity contribution is -0.137. The van der Waals surface area contributed by atoms with Crippen LogP contribution < -0.4 is 10.6 Å². The second-order valence-electron chi connectivity index (χ2n) is 4.37. The van der Waals surface area contributed by atoms with E-state index >= 15 is 0 Å². The third-order valence-electron chi connectivity index (χ3n) is 2.79. The Kier molecular flexibility index (Phi) is 5.02. The third kappa shape index (κ3) is 4.20. The first kappa shape index (κ1) is 16.3. The smallest absolute Gasteiger partial charge is 0.338 e. The van der Waals surface area contributed by atoms with Gasteiger partial charge in [-0.25, -0.2) is 9.18 Å². The molecular formula is C14H12F4N2OS. The Balaban J connectivity index is 1.99. The molecule has 3 nitrogen and oxygen atoms in total. The summed E-state index contributed by atoms with van der Waals surface area (Å²) >= 11 is 1.51. The van der Waals surface area contributed by atoms with Crippen molar-refractivity contribution in [3.63, 3.8) is 0 Å². The minimum atomic E-state index is -4.75. The first-order valence-electron chi connectivity index (χ1n) is 6.31. The van der Waals surface area contributed by atoms with Gasteiger partial charge in [0.2, 0.25) is 0 Å². The maximum Gasteiger partial charge on any atom is 0.418 e. The molecule has 0 spiro atoms. The molecule has 1 heterocycles. The molecule has 0 atom stereocenters. The molecule has 2 aromatic rings. The van der Waals surface area contributed by atoms with Gasteiger partial charge in [0.1, 0.15) is 5.82 Å². The number of anilines is 1. The summed E-state index contributed by atoms with van der Waals surface area (Å²) in [7, 11) is 0. The van der Waals surface area contributed by atoms with Gasteiger partial charge in [-0.3, -0.25) is 0 Å². The fraction of sp³-hybridized carbons (Fsp3) is 0.214. The molecule has 0 aliphatic carbocycles. The highest BCUT2D eigenvalue weighted by Crippen LogP contribution is 2.35. The third-order valence-corrected chi connectivity index (χ3v) is 3.73. The number of carbonyl (C=O) groups is 1. The van der Waals surface area contributed by atoms with Gasteiger partial charge in [0.25, 0.3) is 0 Å². The number of alkyl halides is 3. The molecule has 2 amide bonds. The average molecular weight is 332 g/mol. The summed E-state index contributed by atoms with van der Waals surface area (Å²) in [6.45, 7) is 0.238. The van der Waals surface area contributed by atoms with Crippen molar-refractivity contribution in [2.75, 3.05) is 11.9 Å². The van der Waals surface area contributed by atoms with Crippen LogP contribution in [-0.4, -0.2) is 12.6 Å². The number of hydrogen-bond donors (Lipinski definition) is 2. The van der Waals surface area contributed by atoms with E-state index in [9.17, 15) is 22.4 Å². The molecule has 8 heteroatoms. The lowest BCUT2D eigenvalue weighted by Gasteiger charge is -2.14. The van der Waals surface area contributed by atoms with Gasteiger partial charge in [-0.2, -0.15) is 13.2 Å². The van der Waals surface area contributed by atoms with Crippen molar-refractivity contribution in [1.82, 2.24) is 5.32 Å². The number of rotatable bonds is 4.